The lowest BCUT2D eigenvalue weighted by molar-refractivity contribution is 0.0311. The number of carbonyl (C=O) groups excluding carboxylic acids is 1. The summed E-state index contributed by atoms with van der Waals surface area (Å²) in [6, 6.07) is 7.80. The minimum absolute atomic E-state index is 0.0629. The van der Waals surface area contributed by atoms with Crippen molar-refractivity contribution in [3.63, 3.8) is 0 Å². The van der Waals surface area contributed by atoms with Crippen LogP contribution in [0.5, 0.6) is 0 Å². The van der Waals surface area contributed by atoms with E-state index in [9.17, 15) is 48.3 Å². The number of halogens is 3. The molecule has 0 radical (unpaired) electrons. The Labute approximate surface area is 448 Å². The van der Waals surface area contributed by atoms with Crippen molar-refractivity contribution in [1.29, 1.82) is 0 Å². The molecule has 24 nitrogen and oxygen atoms in total. The number of sulfonamides is 3. The third-order valence-electron chi connectivity index (χ3n) is 12.9. The molecule has 6 heterocycles. The number of amides is 1. The van der Waals surface area contributed by atoms with Crippen molar-refractivity contribution in [2.24, 2.45) is 11.1 Å². The normalized spacial score (nSPS) is 20.0. The van der Waals surface area contributed by atoms with Crippen LogP contribution in [0.1, 0.15) is 43.0 Å². The van der Waals surface area contributed by atoms with Crippen LogP contribution >= 0.6 is 0 Å². The molecule has 6 N–H and O–H groups in total. The van der Waals surface area contributed by atoms with E-state index < -0.39 is 59.0 Å². The molecular formula is C48H56F3N15O9S3. The minimum Gasteiger partial charge on any atom is -0.387 e. The maximum absolute atomic E-state index is 14.2. The van der Waals surface area contributed by atoms with Gasteiger partial charge in [-0.2, -0.15) is 0 Å². The standard InChI is InChI=1S/C17H20FN5O2S.C16H18FN5O3S.C15H18FN5O4S/c1-17(9-22-26(3,24)25)5-4-6-23(10-17)16-12-7-15(19-2)13(18)8-14(12)20-11-21-16;1-18-14-6-11-13(7-12(14)17)19-10-20-15(11)22-5-3-4-16(23,9-22)8-21-26(2,24)25;1-26(23,24)20-6-9-7-21(2-3-25-9)15-11-4-12(16)10(14(17)22)5-13(11)18-8-19-15/h7-8,11,22H,4-6,9-10H2,1,3H3;6-7,10,21,23H,3-5,8-9H2,2H3;4-5,8-9,20H,2-3,6-7H2,1H3,(H2,17,22). The molecule has 30 heteroatoms. The van der Waals surface area contributed by atoms with Crippen molar-refractivity contribution in [3.8, 4) is 0 Å². The summed E-state index contributed by atoms with van der Waals surface area (Å²) in [5.74, 6) is -1.25. The van der Waals surface area contributed by atoms with Crippen molar-refractivity contribution in [2.45, 2.75) is 44.3 Å². The molecule has 9 rings (SSSR count). The molecule has 3 aliphatic rings. The third kappa shape index (κ3) is 15.2. The van der Waals surface area contributed by atoms with Crippen LogP contribution in [0.15, 0.2) is 55.4 Å². The lowest BCUT2D eigenvalue weighted by atomic mass is 9.82. The number of piperidine rings is 2. The number of aromatic nitrogens is 6. The van der Waals surface area contributed by atoms with Gasteiger partial charge in [-0.15, -0.1) is 0 Å². The number of hydrogen-bond donors (Lipinski definition) is 5. The molecule has 0 bridgehead atoms. The summed E-state index contributed by atoms with van der Waals surface area (Å²) in [5, 5.41) is 12.3. The Bertz CT molecular complexity index is 3530. The molecule has 1 amide bonds. The molecular weight excluding hydrogens is 1080 g/mol. The zero-order valence-electron chi connectivity index (χ0n) is 42.7. The van der Waals surface area contributed by atoms with Crippen molar-refractivity contribution < 1.29 is 53.1 Å². The zero-order chi connectivity index (χ0) is 56.8. The maximum atomic E-state index is 14.2. The zero-order valence-corrected chi connectivity index (χ0v) is 45.2. The van der Waals surface area contributed by atoms with Gasteiger partial charge in [0.05, 0.1) is 72.3 Å². The number of nitrogens with one attached hydrogen (secondary N) is 3. The third-order valence-corrected chi connectivity index (χ3v) is 15.0. The van der Waals surface area contributed by atoms with Gasteiger partial charge in [-0.05, 0) is 67.5 Å². The second-order valence-corrected chi connectivity index (χ2v) is 25.0. The fourth-order valence-corrected chi connectivity index (χ4v) is 10.8. The number of aliphatic hydroxyl groups is 1. The lowest BCUT2D eigenvalue weighted by Gasteiger charge is -2.41. The monoisotopic (exact) mass is 1140 g/mol. The van der Waals surface area contributed by atoms with Gasteiger partial charge < -0.3 is 30.3 Å². The number of benzene rings is 3. The van der Waals surface area contributed by atoms with Gasteiger partial charge in [-0.1, -0.05) is 6.92 Å². The Morgan fingerprint density at radius 1 is 0.679 bits per heavy atom. The van der Waals surface area contributed by atoms with Gasteiger partial charge in [0.25, 0.3) is 5.91 Å². The summed E-state index contributed by atoms with van der Waals surface area (Å²) >= 11 is 0. The van der Waals surface area contributed by atoms with E-state index in [2.05, 4.69) is 58.7 Å². The fraction of sp³-hybridized carbons (Fsp3) is 0.438. The van der Waals surface area contributed by atoms with Crippen LogP contribution in [-0.4, -0.2) is 162 Å². The highest BCUT2D eigenvalue weighted by molar-refractivity contribution is 7.89. The number of ether oxygens (including phenoxy) is 1. The highest BCUT2D eigenvalue weighted by atomic mass is 32.2. The predicted molar refractivity (Wildman–Crippen MR) is 286 cm³/mol. The summed E-state index contributed by atoms with van der Waals surface area (Å²) in [7, 11) is -10.0. The van der Waals surface area contributed by atoms with E-state index in [1.807, 2.05) is 16.7 Å². The first-order chi connectivity index (χ1) is 36.7. The van der Waals surface area contributed by atoms with Crippen LogP contribution in [0, 0.1) is 36.0 Å². The fourth-order valence-electron chi connectivity index (χ4n) is 9.21. The number of primary amides is 1. The quantitative estimate of drug-likeness (QED) is 0.104. The van der Waals surface area contributed by atoms with Crippen LogP contribution in [0.25, 0.3) is 42.4 Å². The summed E-state index contributed by atoms with van der Waals surface area (Å²) in [6.07, 6.45) is 9.72. The van der Waals surface area contributed by atoms with Crippen LogP contribution < -0.4 is 34.6 Å². The van der Waals surface area contributed by atoms with Gasteiger partial charge >= 0.3 is 0 Å². The highest BCUT2D eigenvalue weighted by Crippen LogP contribution is 2.37. The molecule has 0 spiro atoms. The van der Waals surface area contributed by atoms with Gasteiger partial charge in [-0.25, -0.2) is 92.2 Å². The number of rotatable bonds is 13. The van der Waals surface area contributed by atoms with E-state index in [1.165, 1.54) is 55.4 Å². The first-order valence-corrected chi connectivity index (χ1v) is 29.6. The van der Waals surface area contributed by atoms with E-state index in [0.29, 0.717) is 102 Å². The van der Waals surface area contributed by atoms with E-state index in [1.54, 1.807) is 0 Å². The second-order valence-electron chi connectivity index (χ2n) is 19.5. The maximum Gasteiger partial charge on any atom is 0.251 e. The van der Waals surface area contributed by atoms with Gasteiger partial charge in [0, 0.05) is 75.1 Å². The average Bonchev–Trinajstić information content (AvgIpc) is 3.44. The topological polar surface area (TPSA) is 307 Å². The number of anilines is 3. The number of carbonyl (C=O) groups is 1. The van der Waals surface area contributed by atoms with Gasteiger partial charge in [-0.3, -0.25) is 4.79 Å². The van der Waals surface area contributed by atoms with Crippen molar-refractivity contribution in [3.05, 3.63) is 101 Å². The van der Waals surface area contributed by atoms with Gasteiger partial charge in [0.15, 0.2) is 0 Å². The number of β-amino-alcohol motifs (C(OH)–C–C–N with tert-alkyl or cyclic N) is 1. The molecule has 3 atom stereocenters. The van der Waals surface area contributed by atoms with E-state index in [0.717, 1.165) is 38.2 Å². The van der Waals surface area contributed by atoms with Crippen molar-refractivity contribution in [2.75, 3.05) is 99.0 Å². The van der Waals surface area contributed by atoms with Crippen LogP contribution in [0.2, 0.25) is 0 Å². The molecule has 3 aliphatic heterocycles. The van der Waals surface area contributed by atoms with Gasteiger partial charge in [0.2, 0.25) is 41.4 Å². The second kappa shape index (κ2) is 23.9. The first kappa shape index (κ1) is 58.6. The summed E-state index contributed by atoms with van der Waals surface area (Å²) in [5.41, 5.74) is 4.45. The molecule has 0 saturated carbocycles. The smallest absolute Gasteiger partial charge is 0.251 e. The Balaban J connectivity index is 0.000000170. The minimum atomic E-state index is -3.42. The number of nitrogens with two attached hydrogens (primary N) is 1. The summed E-state index contributed by atoms with van der Waals surface area (Å²) in [4.78, 5) is 48.5. The van der Waals surface area contributed by atoms with Crippen LogP contribution in [-0.2, 0) is 34.8 Å². The highest BCUT2D eigenvalue weighted by Gasteiger charge is 2.36. The average molecular weight is 1140 g/mol. The molecule has 78 heavy (non-hydrogen) atoms. The Kier molecular flexibility index (Phi) is 18.0. The van der Waals surface area contributed by atoms with E-state index in [4.69, 9.17) is 23.6 Å². The molecule has 3 unspecified atom stereocenters. The Morgan fingerprint density at radius 2 is 1.15 bits per heavy atom. The summed E-state index contributed by atoms with van der Waals surface area (Å²) in [6.45, 7) is 19.9. The SMILES string of the molecule is CS(=O)(=O)NCC1CN(c2ncnc3cc(C(N)=O)c(F)cc23)CCO1.[C-]#[N+]c1cc2c(N3CCCC(C)(CNS(C)(=O)=O)C3)ncnc2cc1F.[C-]#[N+]c1cc2c(N3CCCC(O)(CNS(C)(=O)=O)C3)ncnc2cc1F. The molecule has 3 aromatic heterocycles. The lowest BCUT2D eigenvalue weighted by Crippen LogP contribution is -2.54. The van der Waals surface area contributed by atoms with Crippen molar-refractivity contribution in [1.82, 2.24) is 44.1 Å². The Hall–Kier alpha value is -7.03. The number of fused-ring (bicyclic) bond motifs is 3. The van der Waals surface area contributed by atoms with Crippen LogP contribution in [0.4, 0.5) is 42.0 Å². The van der Waals surface area contributed by atoms with E-state index >= 15 is 0 Å². The predicted octanol–water partition coefficient (Wildman–Crippen LogP) is 3.30. The van der Waals surface area contributed by atoms with Crippen LogP contribution in [0.3, 0.4) is 0 Å². The molecule has 3 aromatic carbocycles. The molecule has 416 valence electrons. The van der Waals surface area contributed by atoms with E-state index in [-0.39, 0.29) is 48.1 Å². The molecule has 3 saturated heterocycles. The number of hydrogen-bond acceptors (Lipinski definition) is 18. The molecule has 6 aromatic rings. The first-order valence-electron chi connectivity index (χ1n) is 24.0. The van der Waals surface area contributed by atoms with Crippen molar-refractivity contribution >= 4 is 97.5 Å². The van der Waals surface area contributed by atoms with Gasteiger partial charge in [0.1, 0.15) is 53.9 Å². The molecule has 3 fully saturated rings. The summed E-state index contributed by atoms with van der Waals surface area (Å²) < 4.78 is 123. The Morgan fingerprint density at radius 3 is 1.67 bits per heavy atom. The number of nitrogens with zero attached hydrogens (tertiary/aromatic N) is 11. The number of morpholine rings is 1. The molecule has 0 aliphatic carbocycles. The largest absolute Gasteiger partial charge is 0.387 e.